The first-order valence-electron chi connectivity index (χ1n) is 12.4. The molecule has 1 saturated carbocycles. The SMILES string of the molecule is Cn1ncc2c(O[C@H]3CCC[C@H]3O)cc(Nc3cc(-c4ccccc4)nn3[C@H]3CCCCO3)nc21. The summed E-state index contributed by atoms with van der Waals surface area (Å²) in [6.45, 7) is 0.728. The van der Waals surface area contributed by atoms with Crippen molar-refractivity contribution < 1.29 is 14.6 Å². The van der Waals surface area contributed by atoms with E-state index in [4.69, 9.17) is 19.6 Å². The van der Waals surface area contributed by atoms with Gasteiger partial charge in [0.05, 0.1) is 23.4 Å². The van der Waals surface area contributed by atoms with Crippen LogP contribution >= 0.6 is 0 Å². The van der Waals surface area contributed by atoms with Crippen molar-refractivity contribution in [3.05, 3.63) is 48.7 Å². The van der Waals surface area contributed by atoms with Crippen molar-refractivity contribution in [1.82, 2.24) is 24.5 Å². The van der Waals surface area contributed by atoms with Crippen molar-refractivity contribution >= 4 is 22.7 Å². The monoisotopic (exact) mass is 474 g/mol. The summed E-state index contributed by atoms with van der Waals surface area (Å²) < 4.78 is 16.0. The van der Waals surface area contributed by atoms with Crippen LogP contribution in [0.5, 0.6) is 5.75 Å². The molecular weight excluding hydrogens is 444 g/mol. The molecule has 182 valence electrons. The highest BCUT2D eigenvalue weighted by atomic mass is 16.5. The number of hydrogen-bond acceptors (Lipinski definition) is 7. The first-order valence-corrected chi connectivity index (χ1v) is 12.4. The smallest absolute Gasteiger partial charge is 0.163 e. The molecule has 9 heteroatoms. The van der Waals surface area contributed by atoms with Crippen LogP contribution in [0.15, 0.2) is 48.7 Å². The van der Waals surface area contributed by atoms with E-state index in [1.807, 2.05) is 42.1 Å². The Morgan fingerprint density at radius 3 is 2.74 bits per heavy atom. The lowest BCUT2D eigenvalue weighted by atomic mass is 10.1. The van der Waals surface area contributed by atoms with Crippen molar-refractivity contribution in [2.24, 2.45) is 7.05 Å². The van der Waals surface area contributed by atoms with E-state index in [1.54, 1.807) is 10.9 Å². The number of ether oxygens (including phenoxy) is 2. The molecule has 0 unspecified atom stereocenters. The van der Waals surface area contributed by atoms with Gasteiger partial charge in [-0.15, -0.1) is 0 Å². The number of hydrogen-bond donors (Lipinski definition) is 2. The minimum absolute atomic E-state index is 0.131. The summed E-state index contributed by atoms with van der Waals surface area (Å²) in [5.41, 5.74) is 2.62. The van der Waals surface area contributed by atoms with Crippen molar-refractivity contribution in [3.8, 4) is 17.0 Å². The molecular formula is C26H30N6O3. The van der Waals surface area contributed by atoms with Crippen LogP contribution in [0.3, 0.4) is 0 Å². The van der Waals surface area contributed by atoms with Gasteiger partial charge < -0.3 is 19.9 Å². The number of benzene rings is 1. The zero-order chi connectivity index (χ0) is 23.8. The van der Waals surface area contributed by atoms with Crippen LogP contribution in [0.4, 0.5) is 11.6 Å². The number of fused-ring (bicyclic) bond motifs is 1. The summed E-state index contributed by atoms with van der Waals surface area (Å²) in [6, 6.07) is 14.0. The Kier molecular flexibility index (Phi) is 5.87. The van der Waals surface area contributed by atoms with Gasteiger partial charge in [-0.2, -0.15) is 10.2 Å². The predicted molar refractivity (Wildman–Crippen MR) is 133 cm³/mol. The fraction of sp³-hybridized carbons (Fsp3) is 0.423. The third kappa shape index (κ3) is 4.37. The third-order valence-electron chi connectivity index (χ3n) is 6.85. The first kappa shape index (κ1) is 22.1. The standard InChI is InChI=1S/C26H30N6O3/c1-31-26-18(16-27-31)22(35-21-11-7-10-20(21)33)15-23(29-26)28-24-14-19(17-8-3-2-4-9-17)30-32(24)25-12-5-6-13-34-25/h2-4,8-9,14-16,20-21,25,33H,5-7,10-13H2,1H3,(H,28,29)/t20-,21+,25-/m1/s1. The molecule has 35 heavy (non-hydrogen) atoms. The Bertz CT molecular complexity index is 1310. The van der Waals surface area contributed by atoms with Crippen LogP contribution < -0.4 is 10.1 Å². The maximum atomic E-state index is 10.3. The van der Waals surface area contributed by atoms with E-state index < -0.39 is 6.10 Å². The van der Waals surface area contributed by atoms with Gasteiger partial charge in [0.1, 0.15) is 23.5 Å². The Balaban J connectivity index is 1.38. The number of aliphatic hydroxyl groups excluding tert-OH is 1. The average Bonchev–Trinajstić information content (AvgIpc) is 3.60. The molecule has 2 aliphatic rings. The maximum absolute atomic E-state index is 10.3. The maximum Gasteiger partial charge on any atom is 0.163 e. The Labute approximate surface area is 203 Å². The largest absolute Gasteiger partial charge is 0.487 e. The van der Waals surface area contributed by atoms with Crippen LogP contribution in [0, 0.1) is 0 Å². The summed E-state index contributed by atoms with van der Waals surface area (Å²) in [7, 11) is 1.86. The van der Waals surface area contributed by atoms with Gasteiger partial charge in [0, 0.05) is 31.4 Å². The minimum Gasteiger partial charge on any atom is -0.487 e. The highest BCUT2D eigenvalue weighted by Gasteiger charge is 2.28. The van der Waals surface area contributed by atoms with Crippen LogP contribution in [0.1, 0.15) is 44.8 Å². The van der Waals surface area contributed by atoms with E-state index >= 15 is 0 Å². The zero-order valence-corrected chi connectivity index (χ0v) is 19.8. The van der Waals surface area contributed by atoms with Crippen molar-refractivity contribution in [3.63, 3.8) is 0 Å². The van der Waals surface area contributed by atoms with Crippen LogP contribution in [0.25, 0.3) is 22.3 Å². The van der Waals surface area contributed by atoms with Gasteiger partial charge in [-0.05, 0) is 38.5 Å². The van der Waals surface area contributed by atoms with Crippen molar-refractivity contribution in [1.29, 1.82) is 0 Å². The molecule has 1 aliphatic heterocycles. The molecule has 2 N–H and O–H groups in total. The van der Waals surface area contributed by atoms with Crippen molar-refractivity contribution in [2.75, 3.05) is 11.9 Å². The molecule has 0 radical (unpaired) electrons. The fourth-order valence-electron chi connectivity index (χ4n) is 4.96. The van der Waals surface area contributed by atoms with Crippen molar-refractivity contribution in [2.45, 2.75) is 57.0 Å². The molecule has 1 aromatic carbocycles. The minimum atomic E-state index is -0.454. The number of nitrogens with zero attached hydrogens (tertiary/aromatic N) is 5. The van der Waals surface area contributed by atoms with Crippen LogP contribution in [-0.2, 0) is 11.8 Å². The zero-order valence-electron chi connectivity index (χ0n) is 19.8. The van der Waals surface area contributed by atoms with Gasteiger partial charge in [-0.25, -0.2) is 9.67 Å². The fourth-order valence-corrected chi connectivity index (χ4v) is 4.96. The molecule has 3 atom stereocenters. The van der Waals surface area contributed by atoms with Crippen LogP contribution in [0.2, 0.25) is 0 Å². The Morgan fingerprint density at radius 2 is 1.97 bits per heavy atom. The second-order valence-corrected chi connectivity index (χ2v) is 9.34. The van der Waals surface area contributed by atoms with Gasteiger partial charge in [-0.3, -0.25) is 4.68 Å². The quantitative estimate of drug-likeness (QED) is 0.422. The van der Waals surface area contributed by atoms with E-state index in [-0.39, 0.29) is 12.3 Å². The third-order valence-corrected chi connectivity index (χ3v) is 6.85. The number of aryl methyl sites for hydroxylation is 1. The number of anilines is 2. The summed E-state index contributed by atoms with van der Waals surface area (Å²) in [5, 5.41) is 23.9. The highest BCUT2D eigenvalue weighted by molar-refractivity contribution is 5.84. The number of aliphatic hydroxyl groups is 1. The van der Waals surface area contributed by atoms with E-state index in [9.17, 15) is 5.11 Å². The van der Waals surface area contributed by atoms with Gasteiger partial charge in [0.2, 0.25) is 0 Å². The molecule has 1 saturated heterocycles. The van der Waals surface area contributed by atoms with E-state index in [1.165, 1.54) is 0 Å². The van der Waals surface area contributed by atoms with E-state index in [2.05, 4.69) is 22.5 Å². The highest BCUT2D eigenvalue weighted by Crippen LogP contribution is 2.35. The average molecular weight is 475 g/mol. The second-order valence-electron chi connectivity index (χ2n) is 9.34. The molecule has 3 aromatic heterocycles. The predicted octanol–water partition coefficient (Wildman–Crippen LogP) is 4.57. The lowest BCUT2D eigenvalue weighted by molar-refractivity contribution is -0.0379. The molecule has 2 fully saturated rings. The number of aromatic nitrogens is 5. The van der Waals surface area contributed by atoms with Crippen LogP contribution in [-0.4, -0.2) is 48.5 Å². The number of nitrogens with one attached hydrogen (secondary N) is 1. The molecule has 6 rings (SSSR count). The molecule has 4 heterocycles. The summed E-state index contributed by atoms with van der Waals surface area (Å²) >= 11 is 0. The normalized spacial score (nSPS) is 22.5. The summed E-state index contributed by atoms with van der Waals surface area (Å²) in [5.74, 6) is 2.09. The lowest BCUT2D eigenvalue weighted by Crippen LogP contribution is -2.25. The van der Waals surface area contributed by atoms with Gasteiger partial charge in [0.25, 0.3) is 0 Å². The molecule has 0 spiro atoms. The molecule has 0 amide bonds. The lowest BCUT2D eigenvalue weighted by Gasteiger charge is -2.24. The molecule has 1 aliphatic carbocycles. The number of pyridine rings is 1. The van der Waals surface area contributed by atoms with E-state index in [0.29, 0.717) is 17.2 Å². The first-order chi connectivity index (χ1) is 17.2. The summed E-state index contributed by atoms with van der Waals surface area (Å²) in [6.07, 6.45) is 6.59. The molecule has 9 nitrogen and oxygen atoms in total. The van der Waals surface area contributed by atoms with Gasteiger partial charge >= 0.3 is 0 Å². The Morgan fingerprint density at radius 1 is 1.09 bits per heavy atom. The second kappa shape index (κ2) is 9.31. The summed E-state index contributed by atoms with van der Waals surface area (Å²) in [4.78, 5) is 4.82. The number of rotatable bonds is 6. The molecule has 0 bridgehead atoms. The topological polar surface area (TPSA) is 99.2 Å². The van der Waals surface area contributed by atoms with E-state index in [0.717, 1.165) is 67.6 Å². The molecule has 4 aromatic rings. The van der Waals surface area contributed by atoms with Gasteiger partial charge in [-0.1, -0.05) is 30.3 Å². The van der Waals surface area contributed by atoms with Gasteiger partial charge in [0.15, 0.2) is 11.9 Å². The Hall–Kier alpha value is -3.43.